The number of nitro benzene ring substituents is 1. The molecule has 2 aromatic rings. The highest BCUT2D eigenvalue weighted by Gasteiger charge is 2.23. The van der Waals surface area contributed by atoms with Crippen LogP contribution in [-0.2, 0) is 4.74 Å². The van der Waals surface area contributed by atoms with Gasteiger partial charge in [-0.25, -0.2) is 4.79 Å². The number of morpholine rings is 1. The molecular formula is C19H18N4O7S. The van der Waals surface area contributed by atoms with E-state index >= 15 is 0 Å². The van der Waals surface area contributed by atoms with E-state index in [0.29, 0.717) is 32.0 Å². The lowest BCUT2D eigenvalue weighted by Crippen LogP contribution is -2.37. The van der Waals surface area contributed by atoms with Gasteiger partial charge >= 0.3 is 5.97 Å². The second kappa shape index (κ2) is 9.36. The monoisotopic (exact) mass is 446 g/mol. The number of hydrogen-bond acceptors (Lipinski definition) is 8. The van der Waals surface area contributed by atoms with Crippen molar-refractivity contribution in [2.45, 2.75) is 0 Å². The smallest absolute Gasteiger partial charge is 0.339 e. The number of rotatable bonds is 5. The van der Waals surface area contributed by atoms with Crippen LogP contribution >= 0.6 is 12.2 Å². The maximum absolute atomic E-state index is 12.5. The van der Waals surface area contributed by atoms with Crippen molar-refractivity contribution in [3.05, 3.63) is 57.6 Å². The van der Waals surface area contributed by atoms with Gasteiger partial charge in [-0.1, -0.05) is 0 Å². The Hall–Kier alpha value is -3.77. The van der Waals surface area contributed by atoms with Gasteiger partial charge in [0.25, 0.3) is 11.6 Å². The number of hydrogen-bond donors (Lipinski definition) is 4. The Kier molecular flexibility index (Phi) is 6.62. The third-order valence-corrected chi connectivity index (χ3v) is 4.70. The predicted octanol–water partition coefficient (Wildman–Crippen LogP) is 1.96. The number of aromatic hydroxyl groups is 1. The molecule has 0 spiro atoms. The Bertz CT molecular complexity index is 1050. The van der Waals surface area contributed by atoms with Crippen LogP contribution in [0.1, 0.15) is 20.7 Å². The summed E-state index contributed by atoms with van der Waals surface area (Å²) in [5.41, 5.74) is 0.112. The van der Waals surface area contributed by atoms with E-state index in [1.165, 1.54) is 30.3 Å². The lowest BCUT2D eigenvalue weighted by molar-refractivity contribution is -0.384. The summed E-state index contributed by atoms with van der Waals surface area (Å²) in [4.78, 5) is 36.4. The molecular weight excluding hydrogens is 428 g/mol. The molecule has 0 saturated carbocycles. The summed E-state index contributed by atoms with van der Waals surface area (Å²) in [6.07, 6.45) is 0. The van der Waals surface area contributed by atoms with Gasteiger partial charge in [0.2, 0.25) is 0 Å². The van der Waals surface area contributed by atoms with E-state index in [1.807, 2.05) is 4.90 Å². The summed E-state index contributed by atoms with van der Waals surface area (Å²) < 4.78 is 5.26. The number of anilines is 2. The van der Waals surface area contributed by atoms with E-state index in [-0.39, 0.29) is 27.6 Å². The predicted molar refractivity (Wildman–Crippen MR) is 115 cm³/mol. The average molecular weight is 446 g/mol. The van der Waals surface area contributed by atoms with Gasteiger partial charge in [0.1, 0.15) is 17.0 Å². The molecule has 2 aromatic carbocycles. The van der Waals surface area contributed by atoms with Crippen LogP contribution in [0.15, 0.2) is 36.4 Å². The summed E-state index contributed by atoms with van der Waals surface area (Å²) >= 11 is 5.06. The molecule has 0 aromatic heterocycles. The maximum Gasteiger partial charge on any atom is 0.339 e. The minimum atomic E-state index is -1.33. The van der Waals surface area contributed by atoms with Crippen LogP contribution in [0.5, 0.6) is 5.75 Å². The quantitative estimate of drug-likeness (QED) is 0.232. The number of carboxylic acid groups (broad SMARTS) is 1. The van der Waals surface area contributed by atoms with Gasteiger partial charge in [-0.2, -0.15) is 0 Å². The lowest BCUT2D eigenvalue weighted by Gasteiger charge is -2.28. The number of phenols is 1. The molecule has 1 amide bonds. The van der Waals surface area contributed by atoms with E-state index in [2.05, 4.69) is 10.6 Å². The van der Waals surface area contributed by atoms with Crippen LogP contribution in [0.3, 0.4) is 0 Å². The van der Waals surface area contributed by atoms with Crippen LogP contribution in [-0.4, -0.2) is 58.4 Å². The molecule has 0 atom stereocenters. The van der Waals surface area contributed by atoms with Crippen LogP contribution in [0.25, 0.3) is 0 Å². The molecule has 0 aliphatic carbocycles. The number of ether oxygens (including phenoxy) is 1. The molecule has 1 fully saturated rings. The Balaban J connectivity index is 1.73. The van der Waals surface area contributed by atoms with Gasteiger partial charge < -0.3 is 25.2 Å². The number of amides is 1. The fraction of sp³-hybridized carbons (Fsp3) is 0.211. The molecule has 1 aliphatic rings. The SMILES string of the molecule is O=C(NC(=S)Nc1ccc(O)c(C(=O)O)c1)c1ccc(N2CCOCC2)c([N+](=O)[O-])c1. The zero-order valence-electron chi connectivity index (χ0n) is 16.0. The minimum absolute atomic E-state index is 0.0322. The first-order chi connectivity index (χ1) is 14.8. The minimum Gasteiger partial charge on any atom is -0.507 e. The Morgan fingerprint density at radius 1 is 1.16 bits per heavy atom. The largest absolute Gasteiger partial charge is 0.507 e. The Morgan fingerprint density at radius 3 is 2.52 bits per heavy atom. The standard InChI is InChI=1S/C19H18N4O7S/c24-16-4-2-12(10-13(16)18(26)27)20-19(31)21-17(25)11-1-3-14(15(9-11)23(28)29)22-5-7-30-8-6-22/h1-4,9-10,24H,5-8H2,(H,26,27)(H2,20,21,25,31). The highest BCUT2D eigenvalue weighted by molar-refractivity contribution is 7.80. The van der Waals surface area contributed by atoms with Crippen molar-refractivity contribution in [3.8, 4) is 5.75 Å². The molecule has 0 unspecified atom stereocenters. The molecule has 11 nitrogen and oxygen atoms in total. The molecule has 162 valence electrons. The van der Waals surface area contributed by atoms with Crippen LogP contribution in [0.2, 0.25) is 0 Å². The van der Waals surface area contributed by atoms with Crippen molar-refractivity contribution in [3.63, 3.8) is 0 Å². The maximum atomic E-state index is 12.5. The third-order valence-electron chi connectivity index (χ3n) is 4.50. The summed E-state index contributed by atoms with van der Waals surface area (Å²) in [7, 11) is 0. The second-order valence-electron chi connectivity index (χ2n) is 6.51. The molecule has 0 bridgehead atoms. The number of carbonyl (C=O) groups excluding carboxylic acids is 1. The van der Waals surface area contributed by atoms with Gasteiger partial charge in [-0.3, -0.25) is 20.2 Å². The lowest BCUT2D eigenvalue weighted by atomic mass is 10.1. The summed E-state index contributed by atoms with van der Waals surface area (Å²) in [5.74, 6) is -2.42. The van der Waals surface area contributed by atoms with Crippen LogP contribution in [0, 0.1) is 10.1 Å². The van der Waals surface area contributed by atoms with Gasteiger partial charge in [0.05, 0.1) is 18.1 Å². The number of benzene rings is 2. The topological polar surface area (TPSA) is 154 Å². The van der Waals surface area contributed by atoms with Gasteiger partial charge in [0, 0.05) is 30.4 Å². The van der Waals surface area contributed by atoms with Gasteiger partial charge in [0.15, 0.2) is 5.11 Å². The van der Waals surface area contributed by atoms with E-state index in [4.69, 9.17) is 22.1 Å². The van der Waals surface area contributed by atoms with Crippen LogP contribution < -0.4 is 15.5 Å². The second-order valence-corrected chi connectivity index (χ2v) is 6.91. The van der Waals surface area contributed by atoms with E-state index in [0.717, 1.165) is 6.07 Å². The number of carboxylic acids is 1. The number of thiocarbonyl (C=S) groups is 1. The first kappa shape index (κ1) is 21.9. The number of aromatic carboxylic acids is 1. The van der Waals surface area contributed by atoms with Crippen molar-refractivity contribution >= 4 is 46.3 Å². The molecule has 1 aliphatic heterocycles. The Morgan fingerprint density at radius 2 is 1.87 bits per heavy atom. The number of nitrogens with one attached hydrogen (secondary N) is 2. The molecule has 4 N–H and O–H groups in total. The van der Waals surface area contributed by atoms with Gasteiger partial charge in [-0.05, 0) is 42.5 Å². The first-order valence-corrected chi connectivity index (χ1v) is 9.47. The number of nitro groups is 1. The molecule has 1 saturated heterocycles. The highest BCUT2D eigenvalue weighted by Crippen LogP contribution is 2.30. The van der Waals surface area contributed by atoms with Crippen molar-refractivity contribution in [2.75, 3.05) is 36.5 Å². The summed E-state index contributed by atoms with van der Waals surface area (Å²) in [5, 5.41) is 35.0. The highest BCUT2D eigenvalue weighted by atomic mass is 32.1. The fourth-order valence-corrected chi connectivity index (χ4v) is 3.22. The zero-order chi connectivity index (χ0) is 22.5. The van der Waals surface area contributed by atoms with E-state index in [1.54, 1.807) is 0 Å². The molecule has 12 heteroatoms. The van der Waals surface area contributed by atoms with Gasteiger partial charge in [-0.15, -0.1) is 0 Å². The number of carbonyl (C=O) groups is 2. The average Bonchev–Trinajstić information content (AvgIpc) is 2.75. The van der Waals surface area contributed by atoms with E-state index < -0.39 is 22.5 Å². The van der Waals surface area contributed by atoms with Crippen LogP contribution in [0.4, 0.5) is 17.1 Å². The third kappa shape index (κ3) is 5.24. The molecule has 1 heterocycles. The summed E-state index contributed by atoms with van der Waals surface area (Å²) in [6.45, 7) is 1.93. The van der Waals surface area contributed by atoms with Crippen molar-refractivity contribution < 1.29 is 29.5 Å². The first-order valence-electron chi connectivity index (χ1n) is 9.06. The summed E-state index contributed by atoms with van der Waals surface area (Å²) in [6, 6.07) is 7.84. The fourth-order valence-electron chi connectivity index (χ4n) is 3.01. The molecule has 3 rings (SSSR count). The van der Waals surface area contributed by atoms with Crippen molar-refractivity contribution in [1.82, 2.24) is 5.32 Å². The normalized spacial score (nSPS) is 13.4. The Labute approximate surface area is 181 Å². The van der Waals surface area contributed by atoms with Crippen molar-refractivity contribution in [1.29, 1.82) is 0 Å². The van der Waals surface area contributed by atoms with E-state index in [9.17, 15) is 24.8 Å². The molecule has 31 heavy (non-hydrogen) atoms. The zero-order valence-corrected chi connectivity index (χ0v) is 16.8. The number of nitrogens with zero attached hydrogens (tertiary/aromatic N) is 2. The van der Waals surface area contributed by atoms with Crippen molar-refractivity contribution in [2.24, 2.45) is 0 Å². The molecule has 0 radical (unpaired) electrons.